The molecule has 4 rings (SSSR count). The Morgan fingerprint density at radius 2 is 2.03 bits per heavy atom. The van der Waals surface area contributed by atoms with Crippen LogP contribution in [0.1, 0.15) is 32.5 Å². The highest BCUT2D eigenvalue weighted by Gasteiger charge is 2.42. The number of aliphatic imine (C=N–C) groups is 1. The molecule has 34 heavy (non-hydrogen) atoms. The van der Waals surface area contributed by atoms with Crippen molar-refractivity contribution in [2.24, 2.45) is 18.0 Å². The Kier molecular flexibility index (Phi) is 7.83. The SMILES string of the molecule is C=C/N=C(C)\C(=C/C)c1nnc(SCCCN2CC3CCN(c4c(F)cccc4F)C3C2)n1C. The van der Waals surface area contributed by atoms with E-state index in [0.717, 1.165) is 67.0 Å². The highest BCUT2D eigenvalue weighted by atomic mass is 32.2. The number of thioether (sulfide) groups is 1. The minimum absolute atomic E-state index is 0.138. The van der Waals surface area contributed by atoms with Crippen LogP contribution in [-0.4, -0.2) is 63.3 Å². The minimum Gasteiger partial charge on any atom is -0.362 e. The summed E-state index contributed by atoms with van der Waals surface area (Å²) in [5.41, 5.74) is 1.94. The molecule has 2 atom stereocenters. The van der Waals surface area contributed by atoms with Crippen molar-refractivity contribution in [1.29, 1.82) is 0 Å². The fourth-order valence-electron chi connectivity index (χ4n) is 5.11. The van der Waals surface area contributed by atoms with Gasteiger partial charge in [0.1, 0.15) is 17.3 Å². The summed E-state index contributed by atoms with van der Waals surface area (Å²) in [6.45, 7) is 11.1. The zero-order chi connectivity index (χ0) is 24.2. The second-order valence-corrected chi connectivity index (χ2v) is 9.87. The summed E-state index contributed by atoms with van der Waals surface area (Å²) in [7, 11) is 1.97. The lowest BCUT2D eigenvalue weighted by Crippen LogP contribution is -2.36. The topological polar surface area (TPSA) is 49.6 Å². The van der Waals surface area contributed by atoms with Gasteiger partial charge in [0.2, 0.25) is 0 Å². The standard InChI is InChI=1S/C25H32F2N6S/c1-5-19(17(3)28-6-2)24-29-30-25(31(24)4)34-14-8-12-32-15-18-11-13-33(22(18)16-32)23-20(26)9-7-10-21(23)27/h5-7,9-10,18,22H,2,8,11-16H2,1,3-4H3/b19-5+,28-17-. The summed E-state index contributed by atoms with van der Waals surface area (Å²) in [6, 6.07) is 4.30. The maximum absolute atomic E-state index is 14.3. The first-order chi connectivity index (χ1) is 16.4. The van der Waals surface area contributed by atoms with Gasteiger partial charge in [0.05, 0.1) is 0 Å². The molecule has 6 nitrogen and oxygen atoms in total. The molecule has 0 radical (unpaired) electrons. The quantitative estimate of drug-likeness (QED) is 0.290. The van der Waals surface area contributed by atoms with Crippen LogP contribution < -0.4 is 4.90 Å². The molecule has 3 heterocycles. The minimum atomic E-state index is -0.467. The van der Waals surface area contributed by atoms with Gasteiger partial charge in [0, 0.05) is 56.0 Å². The summed E-state index contributed by atoms with van der Waals surface area (Å²) in [6.07, 6.45) is 5.51. The van der Waals surface area contributed by atoms with E-state index in [0.29, 0.717) is 5.92 Å². The van der Waals surface area contributed by atoms with Gasteiger partial charge in [-0.05, 0) is 51.3 Å². The molecule has 2 aromatic rings. The number of aromatic nitrogens is 3. The van der Waals surface area contributed by atoms with Crippen molar-refractivity contribution in [3.8, 4) is 0 Å². The van der Waals surface area contributed by atoms with E-state index in [1.165, 1.54) is 24.4 Å². The summed E-state index contributed by atoms with van der Waals surface area (Å²) in [5.74, 6) is 1.25. The van der Waals surface area contributed by atoms with Crippen LogP contribution in [-0.2, 0) is 7.05 Å². The largest absolute Gasteiger partial charge is 0.362 e. The lowest BCUT2D eigenvalue weighted by molar-refractivity contribution is 0.318. The van der Waals surface area contributed by atoms with Crippen molar-refractivity contribution in [2.45, 2.75) is 37.9 Å². The van der Waals surface area contributed by atoms with Crippen LogP contribution in [0.15, 0.2) is 47.2 Å². The van der Waals surface area contributed by atoms with Crippen molar-refractivity contribution in [3.05, 3.63) is 54.5 Å². The van der Waals surface area contributed by atoms with E-state index in [1.54, 1.807) is 11.8 Å². The second kappa shape index (κ2) is 10.8. The van der Waals surface area contributed by atoms with E-state index in [9.17, 15) is 8.78 Å². The normalized spacial score (nSPS) is 21.4. The van der Waals surface area contributed by atoms with Crippen LogP contribution in [0.5, 0.6) is 0 Å². The number of hydrogen-bond acceptors (Lipinski definition) is 6. The van der Waals surface area contributed by atoms with Gasteiger partial charge in [-0.1, -0.05) is 30.5 Å². The zero-order valence-electron chi connectivity index (χ0n) is 20.0. The molecule has 182 valence electrons. The summed E-state index contributed by atoms with van der Waals surface area (Å²) < 4.78 is 30.7. The molecule has 2 aliphatic rings. The van der Waals surface area contributed by atoms with E-state index in [2.05, 4.69) is 26.7 Å². The second-order valence-electron chi connectivity index (χ2n) is 8.81. The summed E-state index contributed by atoms with van der Waals surface area (Å²) in [5, 5.41) is 9.61. The number of likely N-dealkylation sites (tertiary alicyclic amines) is 1. The number of halogens is 2. The average molecular weight is 487 g/mol. The molecule has 0 N–H and O–H groups in total. The highest BCUT2D eigenvalue weighted by molar-refractivity contribution is 7.99. The summed E-state index contributed by atoms with van der Waals surface area (Å²) >= 11 is 1.69. The lowest BCUT2D eigenvalue weighted by Gasteiger charge is -2.27. The van der Waals surface area contributed by atoms with Gasteiger partial charge in [-0.15, -0.1) is 10.2 Å². The average Bonchev–Trinajstić information content (AvgIpc) is 3.48. The Balaban J connectivity index is 1.29. The van der Waals surface area contributed by atoms with Crippen LogP contribution in [0.3, 0.4) is 0 Å². The molecule has 0 aliphatic carbocycles. The Bertz CT molecular complexity index is 1070. The molecule has 2 saturated heterocycles. The predicted octanol–water partition coefficient (Wildman–Crippen LogP) is 4.79. The molecular weight excluding hydrogens is 454 g/mol. The molecule has 0 saturated carbocycles. The first-order valence-corrected chi connectivity index (χ1v) is 12.7. The van der Waals surface area contributed by atoms with Crippen LogP contribution in [0.25, 0.3) is 5.57 Å². The molecule has 0 spiro atoms. The maximum atomic E-state index is 14.3. The number of nitrogens with zero attached hydrogens (tertiary/aromatic N) is 6. The fraction of sp³-hybridized carbons (Fsp3) is 0.480. The smallest absolute Gasteiger partial charge is 0.191 e. The van der Waals surface area contributed by atoms with Crippen LogP contribution in [0.4, 0.5) is 14.5 Å². The van der Waals surface area contributed by atoms with E-state index >= 15 is 0 Å². The van der Waals surface area contributed by atoms with Crippen molar-refractivity contribution < 1.29 is 8.78 Å². The van der Waals surface area contributed by atoms with Gasteiger partial charge in [-0.25, -0.2) is 8.78 Å². The molecule has 2 fully saturated rings. The predicted molar refractivity (Wildman–Crippen MR) is 135 cm³/mol. The number of hydrogen-bond donors (Lipinski definition) is 0. The maximum Gasteiger partial charge on any atom is 0.191 e. The number of anilines is 1. The van der Waals surface area contributed by atoms with Gasteiger partial charge in [-0.2, -0.15) is 0 Å². The van der Waals surface area contributed by atoms with Crippen LogP contribution in [0.2, 0.25) is 0 Å². The number of para-hydroxylation sites is 1. The third kappa shape index (κ3) is 4.95. The fourth-order valence-corrected chi connectivity index (χ4v) is 5.94. The molecular formula is C25H32F2N6S. The Hall–Kier alpha value is -2.52. The van der Waals surface area contributed by atoms with E-state index in [-0.39, 0.29) is 11.7 Å². The summed E-state index contributed by atoms with van der Waals surface area (Å²) in [4.78, 5) is 8.65. The highest BCUT2D eigenvalue weighted by Crippen LogP contribution is 2.37. The van der Waals surface area contributed by atoms with Crippen molar-refractivity contribution in [3.63, 3.8) is 0 Å². The van der Waals surface area contributed by atoms with Gasteiger partial charge < -0.3 is 14.4 Å². The van der Waals surface area contributed by atoms with E-state index in [1.807, 2.05) is 36.4 Å². The Morgan fingerprint density at radius 3 is 2.74 bits per heavy atom. The van der Waals surface area contributed by atoms with Gasteiger partial charge >= 0.3 is 0 Å². The third-order valence-electron chi connectivity index (χ3n) is 6.74. The third-order valence-corrected chi connectivity index (χ3v) is 7.84. The molecule has 1 aromatic heterocycles. The first-order valence-electron chi connectivity index (χ1n) is 11.7. The first kappa shape index (κ1) is 24.6. The number of rotatable bonds is 9. The molecule has 2 unspecified atom stereocenters. The van der Waals surface area contributed by atoms with Crippen molar-refractivity contribution in [2.75, 3.05) is 36.8 Å². The number of fused-ring (bicyclic) bond motifs is 1. The van der Waals surface area contributed by atoms with Gasteiger partial charge in [0.15, 0.2) is 11.0 Å². The molecule has 1 aromatic carbocycles. The number of allylic oxidation sites excluding steroid dienone is 2. The van der Waals surface area contributed by atoms with Crippen molar-refractivity contribution >= 4 is 28.7 Å². The van der Waals surface area contributed by atoms with E-state index in [4.69, 9.17) is 0 Å². The van der Waals surface area contributed by atoms with Gasteiger partial charge in [-0.3, -0.25) is 4.99 Å². The Labute approximate surface area is 204 Å². The zero-order valence-corrected chi connectivity index (χ0v) is 20.9. The van der Waals surface area contributed by atoms with Crippen LogP contribution >= 0.6 is 11.8 Å². The molecule has 0 amide bonds. The van der Waals surface area contributed by atoms with Crippen LogP contribution in [0, 0.1) is 17.6 Å². The monoisotopic (exact) mass is 486 g/mol. The van der Waals surface area contributed by atoms with Gasteiger partial charge in [0.25, 0.3) is 0 Å². The van der Waals surface area contributed by atoms with Crippen molar-refractivity contribution in [1.82, 2.24) is 19.7 Å². The Morgan fingerprint density at radius 1 is 1.26 bits per heavy atom. The number of benzene rings is 1. The molecule has 2 aliphatic heterocycles. The van der Waals surface area contributed by atoms with E-state index < -0.39 is 11.6 Å². The molecule has 0 bridgehead atoms. The lowest BCUT2D eigenvalue weighted by atomic mass is 10.0. The molecule has 9 heteroatoms.